The van der Waals surface area contributed by atoms with Crippen LogP contribution >= 0.6 is 0 Å². The third-order valence-electron chi connectivity index (χ3n) is 2.70. The minimum absolute atomic E-state index is 0.0106. The van der Waals surface area contributed by atoms with Crippen molar-refractivity contribution in [2.45, 2.75) is 19.4 Å². The summed E-state index contributed by atoms with van der Waals surface area (Å²) in [5.74, 6) is 0.929. The van der Waals surface area contributed by atoms with Crippen LogP contribution in [-0.2, 0) is 4.74 Å². The number of nitrogens with zero attached hydrogens (tertiary/aromatic N) is 2. The molecule has 1 aromatic rings. The van der Waals surface area contributed by atoms with Crippen LogP contribution < -0.4 is 10.6 Å². The predicted molar refractivity (Wildman–Crippen MR) is 67.9 cm³/mol. The van der Waals surface area contributed by atoms with Crippen molar-refractivity contribution in [3.8, 4) is 0 Å². The summed E-state index contributed by atoms with van der Waals surface area (Å²) in [6.45, 7) is 3.90. The molecule has 0 saturated carbocycles. The SMILES string of the molecule is CCNc1ccc([N+](=O)[O-])c(NC2CCOC2)n1. The van der Waals surface area contributed by atoms with E-state index in [-0.39, 0.29) is 11.7 Å². The highest BCUT2D eigenvalue weighted by atomic mass is 16.6. The van der Waals surface area contributed by atoms with E-state index in [1.54, 1.807) is 6.07 Å². The van der Waals surface area contributed by atoms with Gasteiger partial charge in [-0.25, -0.2) is 4.98 Å². The molecule has 1 fully saturated rings. The number of pyridine rings is 1. The standard InChI is InChI=1S/C11H16N4O3/c1-2-12-10-4-3-9(15(16)17)11(14-10)13-8-5-6-18-7-8/h3-4,8H,2,5-7H2,1H3,(H2,12,13,14). The van der Waals surface area contributed by atoms with E-state index in [4.69, 9.17) is 4.74 Å². The third-order valence-corrected chi connectivity index (χ3v) is 2.70. The van der Waals surface area contributed by atoms with Crippen LogP contribution in [0.1, 0.15) is 13.3 Å². The molecule has 98 valence electrons. The molecule has 1 atom stereocenters. The molecule has 0 aromatic carbocycles. The van der Waals surface area contributed by atoms with Crippen LogP contribution in [-0.4, -0.2) is 35.7 Å². The Hall–Kier alpha value is -1.89. The molecule has 18 heavy (non-hydrogen) atoms. The van der Waals surface area contributed by atoms with Crippen molar-refractivity contribution >= 4 is 17.3 Å². The highest BCUT2D eigenvalue weighted by Crippen LogP contribution is 2.25. The first-order valence-corrected chi connectivity index (χ1v) is 5.94. The summed E-state index contributed by atoms with van der Waals surface area (Å²) in [7, 11) is 0. The Bertz CT molecular complexity index is 432. The Balaban J connectivity index is 2.21. The molecule has 0 amide bonds. The molecule has 0 bridgehead atoms. The summed E-state index contributed by atoms with van der Waals surface area (Å²) < 4.78 is 5.23. The first kappa shape index (κ1) is 12.6. The van der Waals surface area contributed by atoms with Gasteiger partial charge in [-0.3, -0.25) is 10.1 Å². The van der Waals surface area contributed by atoms with Crippen molar-refractivity contribution in [1.82, 2.24) is 4.98 Å². The number of hydrogen-bond acceptors (Lipinski definition) is 6. The normalized spacial score (nSPS) is 18.6. The lowest BCUT2D eigenvalue weighted by Crippen LogP contribution is -2.20. The number of rotatable bonds is 5. The van der Waals surface area contributed by atoms with Gasteiger partial charge in [-0.2, -0.15) is 0 Å². The Morgan fingerprint density at radius 3 is 3.06 bits per heavy atom. The summed E-state index contributed by atoms with van der Waals surface area (Å²) in [5.41, 5.74) is -0.0106. The number of nitro groups is 1. The Morgan fingerprint density at radius 2 is 2.44 bits per heavy atom. The number of nitrogens with one attached hydrogen (secondary N) is 2. The largest absolute Gasteiger partial charge is 0.379 e. The Labute approximate surface area is 105 Å². The van der Waals surface area contributed by atoms with Crippen LogP contribution in [0.4, 0.5) is 17.3 Å². The molecular weight excluding hydrogens is 236 g/mol. The van der Waals surface area contributed by atoms with Gasteiger partial charge in [-0.15, -0.1) is 0 Å². The fourth-order valence-corrected chi connectivity index (χ4v) is 1.83. The van der Waals surface area contributed by atoms with E-state index in [0.29, 0.717) is 24.8 Å². The van der Waals surface area contributed by atoms with Crippen molar-refractivity contribution in [2.75, 3.05) is 30.4 Å². The lowest BCUT2D eigenvalue weighted by molar-refractivity contribution is -0.384. The summed E-state index contributed by atoms with van der Waals surface area (Å²) >= 11 is 0. The van der Waals surface area contributed by atoms with Gasteiger partial charge in [-0.05, 0) is 19.4 Å². The number of hydrogen-bond donors (Lipinski definition) is 2. The molecule has 0 spiro atoms. The minimum Gasteiger partial charge on any atom is -0.379 e. The fraction of sp³-hybridized carbons (Fsp3) is 0.545. The third kappa shape index (κ3) is 2.86. The predicted octanol–water partition coefficient (Wildman–Crippen LogP) is 1.62. The summed E-state index contributed by atoms with van der Waals surface area (Å²) in [4.78, 5) is 14.7. The monoisotopic (exact) mass is 252 g/mol. The van der Waals surface area contributed by atoms with Gasteiger partial charge >= 0.3 is 5.69 Å². The molecule has 7 heteroatoms. The van der Waals surface area contributed by atoms with E-state index in [0.717, 1.165) is 13.0 Å². The second-order valence-electron chi connectivity index (χ2n) is 4.06. The molecule has 0 aliphatic carbocycles. The van der Waals surface area contributed by atoms with Crippen molar-refractivity contribution in [3.63, 3.8) is 0 Å². The highest BCUT2D eigenvalue weighted by Gasteiger charge is 2.22. The second kappa shape index (κ2) is 5.63. The smallest absolute Gasteiger partial charge is 0.311 e. The number of anilines is 2. The van der Waals surface area contributed by atoms with Gasteiger partial charge in [0.15, 0.2) is 0 Å². The minimum atomic E-state index is -0.430. The van der Waals surface area contributed by atoms with E-state index in [1.165, 1.54) is 6.07 Å². The number of aromatic nitrogens is 1. The second-order valence-corrected chi connectivity index (χ2v) is 4.06. The maximum Gasteiger partial charge on any atom is 0.311 e. The molecule has 1 aliphatic rings. The Kier molecular flexibility index (Phi) is 3.93. The van der Waals surface area contributed by atoms with Crippen LogP contribution in [0, 0.1) is 10.1 Å². The highest BCUT2D eigenvalue weighted by molar-refractivity contribution is 5.60. The molecule has 0 radical (unpaired) electrons. The van der Waals surface area contributed by atoms with Gasteiger partial charge in [0.2, 0.25) is 5.82 Å². The molecule has 2 N–H and O–H groups in total. The topological polar surface area (TPSA) is 89.3 Å². The average molecular weight is 252 g/mol. The zero-order chi connectivity index (χ0) is 13.0. The van der Waals surface area contributed by atoms with Gasteiger partial charge in [0.1, 0.15) is 5.82 Å². The summed E-state index contributed by atoms with van der Waals surface area (Å²) in [6, 6.07) is 3.16. The van der Waals surface area contributed by atoms with Crippen molar-refractivity contribution in [1.29, 1.82) is 0 Å². The van der Waals surface area contributed by atoms with E-state index >= 15 is 0 Å². The van der Waals surface area contributed by atoms with Crippen LogP contribution in [0.15, 0.2) is 12.1 Å². The van der Waals surface area contributed by atoms with Gasteiger partial charge in [0.25, 0.3) is 0 Å². The molecule has 1 aliphatic heterocycles. The zero-order valence-corrected chi connectivity index (χ0v) is 10.2. The summed E-state index contributed by atoms with van der Waals surface area (Å²) in [5, 5.41) is 17.0. The lowest BCUT2D eigenvalue weighted by Gasteiger charge is -2.12. The van der Waals surface area contributed by atoms with Crippen molar-refractivity contribution in [2.24, 2.45) is 0 Å². The molecule has 2 rings (SSSR count). The fourth-order valence-electron chi connectivity index (χ4n) is 1.83. The number of ether oxygens (including phenoxy) is 1. The molecule has 7 nitrogen and oxygen atoms in total. The van der Waals surface area contributed by atoms with E-state index in [1.807, 2.05) is 6.92 Å². The molecular formula is C11H16N4O3. The first-order chi connectivity index (χ1) is 8.70. The van der Waals surface area contributed by atoms with E-state index in [9.17, 15) is 10.1 Å². The molecule has 1 unspecified atom stereocenters. The van der Waals surface area contributed by atoms with Gasteiger partial charge in [0, 0.05) is 19.2 Å². The molecule has 1 saturated heterocycles. The van der Waals surface area contributed by atoms with Crippen LogP contribution in [0.5, 0.6) is 0 Å². The molecule has 2 heterocycles. The summed E-state index contributed by atoms with van der Waals surface area (Å²) in [6.07, 6.45) is 0.838. The average Bonchev–Trinajstić information content (AvgIpc) is 2.82. The van der Waals surface area contributed by atoms with Crippen LogP contribution in [0.25, 0.3) is 0 Å². The van der Waals surface area contributed by atoms with Gasteiger partial charge in [0.05, 0.1) is 17.6 Å². The van der Waals surface area contributed by atoms with Crippen molar-refractivity contribution < 1.29 is 9.66 Å². The zero-order valence-electron chi connectivity index (χ0n) is 10.2. The first-order valence-electron chi connectivity index (χ1n) is 5.94. The quantitative estimate of drug-likeness (QED) is 0.611. The van der Waals surface area contributed by atoms with Crippen LogP contribution in [0.3, 0.4) is 0 Å². The van der Waals surface area contributed by atoms with Crippen LogP contribution in [0.2, 0.25) is 0 Å². The lowest BCUT2D eigenvalue weighted by atomic mass is 10.2. The van der Waals surface area contributed by atoms with E-state index in [2.05, 4.69) is 15.6 Å². The molecule has 1 aromatic heterocycles. The maximum atomic E-state index is 10.9. The van der Waals surface area contributed by atoms with Gasteiger partial charge < -0.3 is 15.4 Å². The Morgan fingerprint density at radius 1 is 1.61 bits per heavy atom. The van der Waals surface area contributed by atoms with E-state index < -0.39 is 4.92 Å². The maximum absolute atomic E-state index is 10.9. The van der Waals surface area contributed by atoms with Gasteiger partial charge in [-0.1, -0.05) is 0 Å². The van der Waals surface area contributed by atoms with Crippen molar-refractivity contribution in [3.05, 3.63) is 22.2 Å².